The van der Waals surface area contributed by atoms with E-state index >= 15 is 0 Å². The summed E-state index contributed by atoms with van der Waals surface area (Å²) in [7, 11) is 0. The first kappa shape index (κ1) is 11.0. The monoisotopic (exact) mass is 221 g/mol. The number of anilines is 1. The van der Waals surface area contributed by atoms with Crippen LogP contribution in [0, 0.1) is 5.92 Å². The van der Waals surface area contributed by atoms with E-state index in [1.807, 2.05) is 31.2 Å². The first-order chi connectivity index (χ1) is 7.72. The molecule has 0 saturated carbocycles. The Morgan fingerprint density at radius 1 is 1.50 bits per heavy atom. The maximum absolute atomic E-state index is 11.7. The quantitative estimate of drug-likeness (QED) is 0.829. The van der Waals surface area contributed by atoms with Gasteiger partial charge in [-0.2, -0.15) is 0 Å². The second-order valence-electron chi connectivity index (χ2n) is 4.05. The molecule has 4 heteroatoms. The van der Waals surface area contributed by atoms with E-state index in [0.29, 0.717) is 6.54 Å². The van der Waals surface area contributed by atoms with Crippen molar-refractivity contribution in [3.05, 3.63) is 24.3 Å². The zero-order chi connectivity index (χ0) is 11.5. The van der Waals surface area contributed by atoms with Crippen molar-refractivity contribution in [1.29, 1.82) is 0 Å². The summed E-state index contributed by atoms with van der Waals surface area (Å²) in [6.07, 6.45) is 0. The molecule has 1 amide bonds. The summed E-state index contributed by atoms with van der Waals surface area (Å²) in [5.74, 6) is 0.737. The Hall–Kier alpha value is -1.55. The van der Waals surface area contributed by atoms with Crippen LogP contribution in [0.25, 0.3) is 0 Å². The molecule has 0 saturated heterocycles. The van der Waals surface area contributed by atoms with E-state index in [2.05, 4.69) is 0 Å². The van der Waals surface area contributed by atoms with E-state index in [1.54, 1.807) is 4.90 Å². The van der Waals surface area contributed by atoms with Gasteiger partial charge in [-0.05, 0) is 18.1 Å². The van der Waals surface area contributed by atoms with Gasteiger partial charge in [0.25, 0.3) is 5.91 Å². The smallest absolute Gasteiger partial charge is 0.265 e. The van der Waals surface area contributed by atoms with Gasteiger partial charge in [0.05, 0.1) is 5.69 Å². The lowest BCUT2D eigenvalue weighted by Gasteiger charge is -2.30. The molecule has 0 aromatic heterocycles. The van der Waals surface area contributed by atoms with Crippen LogP contribution in [-0.4, -0.2) is 30.8 Å². The van der Waals surface area contributed by atoms with Gasteiger partial charge >= 0.3 is 0 Å². The Bertz CT molecular complexity index is 392. The van der Waals surface area contributed by atoms with E-state index in [1.165, 1.54) is 0 Å². The van der Waals surface area contributed by atoms with Crippen LogP contribution in [0.2, 0.25) is 0 Å². The van der Waals surface area contributed by atoms with Crippen molar-refractivity contribution >= 4 is 11.6 Å². The number of aliphatic hydroxyl groups is 1. The number of ether oxygens (including phenoxy) is 1. The molecule has 1 aromatic carbocycles. The van der Waals surface area contributed by atoms with Crippen LogP contribution in [0.1, 0.15) is 6.92 Å². The summed E-state index contributed by atoms with van der Waals surface area (Å²) < 4.78 is 5.33. The maximum Gasteiger partial charge on any atom is 0.265 e. The molecule has 0 fully saturated rings. The molecule has 1 atom stereocenters. The van der Waals surface area contributed by atoms with Crippen molar-refractivity contribution < 1.29 is 14.6 Å². The summed E-state index contributed by atoms with van der Waals surface area (Å²) >= 11 is 0. The summed E-state index contributed by atoms with van der Waals surface area (Å²) in [6.45, 7) is 2.59. The molecule has 16 heavy (non-hydrogen) atoms. The SMILES string of the molecule is C[C@@H](CO)CN1C(=O)COc2ccccc21. The zero-order valence-corrected chi connectivity index (χ0v) is 9.22. The molecule has 0 radical (unpaired) electrons. The molecule has 1 heterocycles. The van der Waals surface area contributed by atoms with Crippen LogP contribution in [0.4, 0.5) is 5.69 Å². The molecule has 4 nitrogen and oxygen atoms in total. The van der Waals surface area contributed by atoms with Crippen molar-refractivity contribution in [3.8, 4) is 5.75 Å². The normalized spacial score (nSPS) is 16.6. The summed E-state index contributed by atoms with van der Waals surface area (Å²) in [5.41, 5.74) is 0.791. The number of hydrogen-bond acceptors (Lipinski definition) is 3. The van der Waals surface area contributed by atoms with Crippen molar-refractivity contribution in [2.45, 2.75) is 6.92 Å². The molecule has 0 aliphatic carbocycles. The van der Waals surface area contributed by atoms with Gasteiger partial charge < -0.3 is 14.7 Å². The first-order valence-corrected chi connectivity index (χ1v) is 5.35. The molecule has 1 aliphatic rings. The predicted octanol–water partition coefficient (Wildman–Crippen LogP) is 1.04. The maximum atomic E-state index is 11.7. The Morgan fingerprint density at radius 2 is 2.25 bits per heavy atom. The number of amides is 1. The van der Waals surface area contributed by atoms with Gasteiger partial charge in [-0.25, -0.2) is 0 Å². The lowest BCUT2D eigenvalue weighted by Crippen LogP contribution is -2.41. The molecule has 1 N–H and O–H groups in total. The molecule has 2 rings (SSSR count). The number of carbonyl (C=O) groups is 1. The van der Waals surface area contributed by atoms with Gasteiger partial charge in [0.2, 0.25) is 0 Å². The fraction of sp³-hybridized carbons (Fsp3) is 0.417. The van der Waals surface area contributed by atoms with Gasteiger partial charge in [0.15, 0.2) is 6.61 Å². The van der Waals surface area contributed by atoms with E-state index in [9.17, 15) is 4.79 Å². The molecule has 0 spiro atoms. The number of carbonyl (C=O) groups excluding carboxylic acids is 1. The highest BCUT2D eigenvalue weighted by molar-refractivity contribution is 5.97. The van der Waals surface area contributed by atoms with E-state index < -0.39 is 0 Å². The summed E-state index contributed by atoms with van der Waals surface area (Å²) in [5, 5.41) is 9.03. The average molecular weight is 221 g/mol. The Kier molecular flexibility index (Phi) is 3.10. The zero-order valence-electron chi connectivity index (χ0n) is 9.22. The van der Waals surface area contributed by atoms with Crippen LogP contribution in [0.5, 0.6) is 5.75 Å². The second-order valence-corrected chi connectivity index (χ2v) is 4.05. The first-order valence-electron chi connectivity index (χ1n) is 5.35. The largest absolute Gasteiger partial charge is 0.482 e. The third-order valence-electron chi connectivity index (χ3n) is 2.61. The second kappa shape index (κ2) is 4.53. The van der Waals surface area contributed by atoms with E-state index in [0.717, 1.165) is 11.4 Å². The Balaban J connectivity index is 2.26. The molecule has 1 aromatic rings. The summed E-state index contributed by atoms with van der Waals surface area (Å²) in [6, 6.07) is 7.45. The molecular formula is C12H15NO3. The van der Waals surface area contributed by atoms with Crippen molar-refractivity contribution in [2.24, 2.45) is 5.92 Å². The lowest BCUT2D eigenvalue weighted by atomic mass is 10.1. The fourth-order valence-corrected chi connectivity index (χ4v) is 1.72. The number of fused-ring (bicyclic) bond motifs is 1. The highest BCUT2D eigenvalue weighted by Crippen LogP contribution is 2.31. The number of benzene rings is 1. The van der Waals surface area contributed by atoms with Gasteiger partial charge in [-0.3, -0.25) is 4.79 Å². The lowest BCUT2D eigenvalue weighted by molar-refractivity contribution is -0.121. The predicted molar refractivity (Wildman–Crippen MR) is 60.5 cm³/mol. The number of para-hydroxylation sites is 2. The van der Waals surface area contributed by atoms with Crippen LogP contribution in [0.15, 0.2) is 24.3 Å². The standard InChI is InChI=1S/C12H15NO3/c1-9(7-14)6-13-10-4-2-3-5-11(10)16-8-12(13)15/h2-5,9,14H,6-8H2,1H3/t9-/m1/s1. The topological polar surface area (TPSA) is 49.8 Å². The minimum atomic E-state index is -0.0565. The van der Waals surface area contributed by atoms with Crippen LogP contribution in [0.3, 0.4) is 0 Å². The van der Waals surface area contributed by atoms with Crippen LogP contribution < -0.4 is 9.64 Å². The number of rotatable bonds is 3. The average Bonchev–Trinajstić information content (AvgIpc) is 2.32. The van der Waals surface area contributed by atoms with Crippen LogP contribution in [-0.2, 0) is 4.79 Å². The van der Waals surface area contributed by atoms with Gasteiger partial charge in [0.1, 0.15) is 5.75 Å². The Morgan fingerprint density at radius 3 is 3.00 bits per heavy atom. The number of aliphatic hydroxyl groups excluding tert-OH is 1. The van der Waals surface area contributed by atoms with Crippen LogP contribution >= 0.6 is 0 Å². The fourth-order valence-electron chi connectivity index (χ4n) is 1.72. The van der Waals surface area contributed by atoms with Crippen molar-refractivity contribution in [2.75, 3.05) is 24.7 Å². The van der Waals surface area contributed by atoms with Crippen molar-refractivity contribution in [1.82, 2.24) is 0 Å². The molecule has 0 unspecified atom stereocenters. The third kappa shape index (κ3) is 2.02. The minimum absolute atomic E-state index is 0.0565. The van der Waals surface area contributed by atoms with Crippen molar-refractivity contribution in [3.63, 3.8) is 0 Å². The van der Waals surface area contributed by atoms with Gasteiger partial charge in [-0.15, -0.1) is 0 Å². The highest BCUT2D eigenvalue weighted by atomic mass is 16.5. The summed E-state index contributed by atoms with van der Waals surface area (Å²) in [4.78, 5) is 13.4. The number of hydrogen-bond donors (Lipinski definition) is 1. The van der Waals surface area contributed by atoms with E-state index in [-0.39, 0.29) is 25.0 Å². The van der Waals surface area contributed by atoms with E-state index in [4.69, 9.17) is 9.84 Å². The number of nitrogens with zero attached hydrogens (tertiary/aromatic N) is 1. The third-order valence-corrected chi connectivity index (χ3v) is 2.61. The minimum Gasteiger partial charge on any atom is -0.482 e. The highest BCUT2D eigenvalue weighted by Gasteiger charge is 2.25. The molecule has 1 aliphatic heterocycles. The van der Waals surface area contributed by atoms with Gasteiger partial charge in [0, 0.05) is 13.2 Å². The van der Waals surface area contributed by atoms with Gasteiger partial charge in [-0.1, -0.05) is 19.1 Å². The Labute approximate surface area is 94.4 Å². The molecule has 0 bridgehead atoms. The molecular weight excluding hydrogens is 206 g/mol. The molecule has 86 valence electrons.